The zero-order valence-electron chi connectivity index (χ0n) is 18.7. The Bertz CT molecular complexity index is 1270. The Morgan fingerprint density at radius 3 is 2.60 bits per heavy atom. The molecule has 2 amide bonds. The van der Waals surface area contributed by atoms with Crippen LogP contribution in [0.4, 0.5) is 5.88 Å². The molecule has 0 fully saturated rings. The standard InChI is InChI=1S/C26H23N3O6/c30-24(8-4-15-33-22-6-3-13-27-18-22)29(25-17-20-5-1-2-7-23(20)35-25)14-16-34-21-11-9-19(10-12-21)26(31)28-32/h1-13,17-18,32H,14-16H2,(H,28,31). The van der Waals surface area contributed by atoms with Crippen molar-refractivity contribution >= 4 is 28.7 Å². The van der Waals surface area contributed by atoms with Crippen LogP contribution in [-0.4, -0.2) is 41.8 Å². The van der Waals surface area contributed by atoms with E-state index >= 15 is 0 Å². The fourth-order valence-electron chi connectivity index (χ4n) is 3.27. The summed E-state index contributed by atoms with van der Waals surface area (Å²) in [6, 6.07) is 19.1. The molecule has 0 radical (unpaired) electrons. The topological polar surface area (TPSA) is 114 Å². The molecule has 0 saturated heterocycles. The van der Waals surface area contributed by atoms with Crippen molar-refractivity contribution in [2.45, 2.75) is 0 Å². The molecular formula is C26H23N3O6. The van der Waals surface area contributed by atoms with Crippen LogP contribution < -0.4 is 19.9 Å². The fraction of sp³-hybridized carbons (Fsp3) is 0.115. The Morgan fingerprint density at radius 2 is 1.86 bits per heavy atom. The van der Waals surface area contributed by atoms with Crippen molar-refractivity contribution in [3.63, 3.8) is 0 Å². The van der Waals surface area contributed by atoms with Crippen molar-refractivity contribution in [1.82, 2.24) is 10.5 Å². The lowest BCUT2D eigenvalue weighted by molar-refractivity contribution is -0.114. The van der Waals surface area contributed by atoms with E-state index in [0.717, 1.165) is 5.39 Å². The summed E-state index contributed by atoms with van der Waals surface area (Å²) in [5.41, 5.74) is 2.54. The maximum atomic E-state index is 13.0. The summed E-state index contributed by atoms with van der Waals surface area (Å²) in [7, 11) is 0. The number of hydrogen-bond acceptors (Lipinski definition) is 7. The maximum Gasteiger partial charge on any atom is 0.274 e. The largest absolute Gasteiger partial charge is 0.492 e. The monoisotopic (exact) mass is 473 g/mol. The van der Waals surface area contributed by atoms with Crippen molar-refractivity contribution < 1.29 is 28.7 Å². The fourth-order valence-corrected chi connectivity index (χ4v) is 3.27. The summed E-state index contributed by atoms with van der Waals surface area (Å²) in [5, 5.41) is 9.59. The van der Waals surface area contributed by atoms with Gasteiger partial charge < -0.3 is 13.9 Å². The smallest absolute Gasteiger partial charge is 0.274 e. The number of fused-ring (bicyclic) bond motifs is 1. The van der Waals surface area contributed by atoms with E-state index in [2.05, 4.69) is 4.98 Å². The van der Waals surface area contributed by atoms with Crippen molar-refractivity contribution in [3.05, 3.63) is 96.8 Å². The van der Waals surface area contributed by atoms with Crippen LogP contribution in [-0.2, 0) is 4.79 Å². The second-order valence-corrected chi connectivity index (χ2v) is 7.33. The molecular weight excluding hydrogens is 450 g/mol. The molecule has 0 aliphatic rings. The molecule has 4 rings (SSSR count). The number of nitrogens with zero attached hydrogens (tertiary/aromatic N) is 2. The SMILES string of the molecule is O=C(NO)c1ccc(OCCN(C(=O)C=CCOc2cccnc2)c2cc3ccccc3o2)cc1. The highest BCUT2D eigenvalue weighted by molar-refractivity contribution is 6.01. The summed E-state index contributed by atoms with van der Waals surface area (Å²) in [6.45, 7) is 0.593. The molecule has 0 aliphatic carbocycles. The minimum absolute atomic E-state index is 0.175. The molecule has 9 nitrogen and oxygen atoms in total. The van der Waals surface area contributed by atoms with Crippen molar-refractivity contribution in [1.29, 1.82) is 0 Å². The van der Waals surface area contributed by atoms with Gasteiger partial charge in [-0.15, -0.1) is 0 Å². The van der Waals surface area contributed by atoms with Gasteiger partial charge in [0.2, 0.25) is 5.88 Å². The van der Waals surface area contributed by atoms with E-state index in [4.69, 9.17) is 19.1 Å². The Kier molecular flexibility index (Phi) is 7.72. The molecule has 2 aromatic carbocycles. The average molecular weight is 473 g/mol. The highest BCUT2D eigenvalue weighted by Crippen LogP contribution is 2.26. The number of aromatic nitrogens is 1. The highest BCUT2D eigenvalue weighted by atomic mass is 16.5. The molecule has 0 atom stereocenters. The third-order valence-corrected chi connectivity index (χ3v) is 4.99. The second kappa shape index (κ2) is 11.5. The summed E-state index contributed by atoms with van der Waals surface area (Å²) in [4.78, 5) is 29.9. The third kappa shape index (κ3) is 6.24. The number of carbonyl (C=O) groups is 2. The molecule has 35 heavy (non-hydrogen) atoms. The lowest BCUT2D eigenvalue weighted by Gasteiger charge is -2.18. The maximum absolute atomic E-state index is 13.0. The van der Waals surface area contributed by atoms with Crippen LogP contribution in [0.2, 0.25) is 0 Å². The number of ether oxygens (including phenoxy) is 2. The summed E-state index contributed by atoms with van der Waals surface area (Å²) >= 11 is 0. The summed E-state index contributed by atoms with van der Waals surface area (Å²) in [6.07, 6.45) is 6.29. The number of carbonyl (C=O) groups excluding carboxylic acids is 2. The Hall–Kier alpha value is -4.63. The van der Waals surface area contributed by atoms with E-state index in [1.165, 1.54) is 23.1 Å². The molecule has 0 aliphatic heterocycles. The third-order valence-electron chi connectivity index (χ3n) is 4.99. The van der Waals surface area contributed by atoms with Gasteiger partial charge in [-0.05, 0) is 48.5 Å². The molecule has 0 bridgehead atoms. The van der Waals surface area contributed by atoms with E-state index < -0.39 is 5.91 Å². The number of para-hydroxylation sites is 1. The molecule has 0 unspecified atom stereocenters. The molecule has 4 aromatic rings. The number of benzene rings is 2. The highest BCUT2D eigenvalue weighted by Gasteiger charge is 2.18. The van der Waals surface area contributed by atoms with Crippen LogP contribution in [0, 0.1) is 0 Å². The van der Waals surface area contributed by atoms with Gasteiger partial charge in [0.25, 0.3) is 11.8 Å². The Morgan fingerprint density at radius 1 is 1.03 bits per heavy atom. The van der Waals surface area contributed by atoms with Gasteiger partial charge in [-0.1, -0.05) is 18.2 Å². The molecule has 2 heterocycles. The van der Waals surface area contributed by atoms with Crippen LogP contribution in [0.5, 0.6) is 11.5 Å². The zero-order chi connectivity index (χ0) is 24.5. The van der Waals surface area contributed by atoms with Gasteiger partial charge in [-0.3, -0.25) is 24.7 Å². The molecule has 9 heteroatoms. The van der Waals surface area contributed by atoms with Crippen LogP contribution in [0.15, 0.2) is 95.7 Å². The van der Waals surface area contributed by atoms with E-state index in [-0.39, 0.29) is 31.2 Å². The minimum Gasteiger partial charge on any atom is -0.492 e. The number of anilines is 1. The molecule has 0 saturated carbocycles. The quantitative estimate of drug-likeness (QED) is 0.203. The first-order valence-electron chi connectivity index (χ1n) is 10.8. The molecule has 0 spiro atoms. The van der Waals surface area contributed by atoms with Crippen LogP contribution in [0.1, 0.15) is 10.4 Å². The van der Waals surface area contributed by atoms with E-state index in [1.54, 1.807) is 54.3 Å². The average Bonchev–Trinajstić information content (AvgIpc) is 3.33. The number of furan rings is 1. The number of pyridine rings is 1. The lowest BCUT2D eigenvalue weighted by atomic mass is 10.2. The summed E-state index contributed by atoms with van der Waals surface area (Å²) in [5.74, 6) is 0.606. The van der Waals surface area contributed by atoms with Gasteiger partial charge in [-0.2, -0.15) is 0 Å². The van der Waals surface area contributed by atoms with Gasteiger partial charge in [0, 0.05) is 29.3 Å². The number of nitrogens with one attached hydrogen (secondary N) is 1. The van der Waals surface area contributed by atoms with Gasteiger partial charge >= 0.3 is 0 Å². The van der Waals surface area contributed by atoms with E-state index in [1.807, 2.05) is 24.3 Å². The first kappa shape index (κ1) is 23.5. The molecule has 2 aromatic heterocycles. The van der Waals surface area contributed by atoms with Crippen molar-refractivity contribution in [2.24, 2.45) is 0 Å². The predicted octanol–water partition coefficient (Wildman–Crippen LogP) is 3.99. The van der Waals surface area contributed by atoms with Gasteiger partial charge in [0.1, 0.15) is 30.3 Å². The second-order valence-electron chi connectivity index (χ2n) is 7.33. The van der Waals surface area contributed by atoms with E-state index in [9.17, 15) is 9.59 Å². The van der Waals surface area contributed by atoms with E-state index in [0.29, 0.717) is 23.0 Å². The summed E-state index contributed by atoms with van der Waals surface area (Å²) < 4.78 is 17.2. The number of hydroxylamine groups is 1. The van der Waals surface area contributed by atoms with Crippen molar-refractivity contribution in [3.8, 4) is 11.5 Å². The zero-order valence-corrected chi connectivity index (χ0v) is 18.7. The number of hydrogen-bond donors (Lipinski definition) is 2. The van der Waals surface area contributed by atoms with Gasteiger partial charge in [0.05, 0.1) is 12.7 Å². The van der Waals surface area contributed by atoms with Crippen LogP contribution in [0.25, 0.3) is 11.0 Å². The molecule has 178 valence electrons. The number of amides is 2. The minimum atomic E-state index is -0.613. The Labute approximate surface area is 201 Å². The van der Waals surface area contributed by atoms with Crippen LogP contribution in [0.3, 0.4) is 0 Å². The molecule has 2 N–H and O–H groups in total. The van der Waals surface area contributed by atoms with Crippen LogP contribution >= 0.6 is 0 Å². The van der Waals surface area contributed by atoms with Gasteiger partial charge in [0.15, 0.2) is 0 Å². The first-order valence-corrected chi connectivity index (χ1v) is 10.8. The lowest BCUT2D eigenvalue weighted by Crippen LogP contribution is -2.33. The first-order chi connectivity index (χ1) is 17.1. The van der Waals surface area contributed by atoms with Gasteiger partial charge in [-0.25, -0.2) is 5.48 Å². The number of rotatable bonds is 10. The van der Waals surface area contributed by atoms with Crippen molar-refractivity contribution in [2.75, 3.05) is 24.7 Å². The Balaban J connectivity index is 1.42. The predicted molar refractivity (Wildman–Crippen MR) is 129 cm³/mol. The normalized spacial score (nSPS) is 10.9.